The second kappa shape index (κ2) is 6.67. The van der Waals surface area contributed by atoms with Crippen LogP contribution in [0, 0.1) is 0 Å². The van der Waals surface area contributed by atoms with E-state index < -0.39 is 0 Å². The molecule has 0 amide bonds. The first-order valence-electron chi connectivity index (χ1n) is 6.47. The number of aryl methyl sites for hydroxylation is 1. The van der Waals surface area contributed by atoms with Gasteiger partial charge in [-0.3, -0.25) is 0 Å². The normalized spacial score (nSPS) is 12.3. The molecule has 5 nitrogen and oxygen atoms in total. The summed E-state index contributed by atoms with van der Waals surface area (Å²) in [6.45, 7) is 4.72. The van der Waals surface area contributed by atoms with E-state index in [1.54, 1.807) is 17.4 Å². The van der Waals surface area contributed by atoms with Crippen LogP contribution in [-0.4, -0.2) is 18.1 Å². The molecule has 2 aromatic rings. The third-order valence-electron chi connectivity index (χ3n) is 2.95. The maximum atomic E-state index is 11.3. The van der Waals surface area contributed by atoms with Gasteiger partial charge in [-0.15, -0.1) is 11.3 Å². The van der Waals surface area contributed by atoms with Crippen LogP contribution in [0.25, 0.3) is 0 Å². The molecule has 0 saturated heterocycles. The van der Waals surface area contributed by atoms with Gasteiger partial charge in [-0.1, -0.05) is 6.92 Å². The molecule has 0 aliphatic heterocycles. The number of ether oxygens (including phenoxy) is 1. The highest BCUT2D eigenvalue weighted by atomic mass is 32.1. The Morgan fingerprint density at radius 2 is 2.40 bits per heavy atom. The van der Waals surface area contributed by atoms with Crippen LogP contribution in [0.3, 0.4) is 0 Å². The van der Waals surface area contributed by atoms with Crippen molar-refractivity contribution in [2.45, 2.75) is 32.9 Å². The molecule has 0 aliphatic rings. The molecular weight excluding hydrogens is 276 g/mol. The fraction of sp³-hybridized carbons (Fsp3) is 0.429. The number of aromatic nitrogens is 1. The summed E-state index contributed by atoms with van der Waals surface area (Å²) in [7, 11) is 1.35. The number of carbonyl (C=O) groups excluding carboxylic acids is 1. The Balaban J connectivity index is 1.91. The van der Waals surface area contributed by atoms with Gasteiger partial charge in [-0.05, 0) is 19.4 Å². The molecule has 1 unspecified atom stereocenters. The Kier molecular flexibility index (Phi) is 4.92. The van der Waals surface area contributed by atoms with Crippen molar-refractivity contribution in [1.29, 1.82) is 0 Å². The molecule has 1 atom stereocenters. The summed E-state index contributed by atoms with van der Waals surface area (Å²) in [6.07, 6.45) is 4.33. The first-order valence-corrected chi connectivity index (χ1v) is 7.29. The minimum Gasteiger partial charge on any atom is -0.467 e. The van der Waals surface area contributed by atoms with Gasteiger partial charge in [0.15, 0.2) is 0 Å². The molecule has 6 heteroatoms. The first kappa shape index (κ1) is 14.7. The summed E-state index contributed by atoms with van der Waals surface area (Å²) in [4.78, 5) is 17.0. The third-order valence-corrected chi connectivity index (χ3v) is 4.27. The number of furan rings is 1. The lowest BCUT2D eigenvalue weighted by atomic mass is 10.3. The molecule has 20 heavy (non-hydrogen) atoms. The van der Waals surface area contributed by atoms with Crippen LogP contribution >= 0.6 is 11.3 Å². The summed E-state index contributed by atoms with van der Waals surface area (Å²) in [6, 6.07) is 1.83. The lowest BCUT2D eigenvalue weighted by molar-refractivity contribution is 0.0600. The van der Waals surface area contributed by atoms with Crippen LogP contribution < -0.4 is 5.32 Å². The van der Waals surface area contributed by atoms with E-state index >= 15 is 0 Å². The van der Waals surface area contributed by atoms with E-state index in [1.807, 2.05) is 6.20 Å². The van der Waals surface area contributed by atoms with E-state index in [9.17, 15) is 4.79 Å². The van der Waals surface area contributed by atoms with Crippen molar-refractivity contribution >= 4 is 17.3 Å². The maximum Gasteiger partial charge on any atom is 0.341 e. The number of methoxy groups -OCH3 is 1. The summed E-state index contributed by atoms with van der Waals surface area (Å²) in [5.41, 5.74) is 0.430. The molecule has 0 saturated carbocycles. The molecule has 1 N–H and O–H groups in total. The highest BCUT2D eigenvalue weighted by molar-refractivity contribution is 7.11. The second-order valence-electron chi connectivity index (χ2n) is 4.41. The van der Waals surface area contributed by atoms with Crippen LogP contribution in [0.1, 0.15) is 45.9 Å². The van der Waals surface area contributed by atoms with Crippen molar-refractivity contribution in [2.75, 3.05) is 7.11 Å². The molecule has 0 spiro atoms. The number of rotatable bonds is 6. The molecule has 0 fully saturated rings. The van der Waals surface area contributed by atoms with Crippen LogP contribution in [-0.2, 0) is 17.7 Å². The van der Waals surface area contributed by atoms with Crippen LogP contribution in [0.2, 0.25) is 0 Å². The predicted octanol–water partition coefficient (Wildman–Crippen LogP) is 2.94. The average molecular weight is 294 g/mol. The molecule has 2 heterocycles. The predicted molar refractivity (Wildman–Crippen MR) is 76.8 cm³/mol. The summed E-state index contributed by atoms with van der Waals surface area (Å²) < 4.78 is 9.95. The van der Waals surface area contributed by atoms with E-state index in [0.29, 0.717) is 17.9 Å². The zero-order valence-electron chi connectivity index (χ0n) is 11.8. The van der Waals surface area contributed by atoms with E-state index in [0.717, 1.165) is 11.4 Å². The van der Waals surface area contributed by atoms with Gasteiger partial charge in [0.05, 0.1) is 25.3 Å². The lowest BCUT2D eigenvalue weighted by Gasteiger charge is -2.09. The number of carbonyl (C=O) groups is 1. The molecular formula is C14H18N2O3S. The maximum absolute atomic E-state index is 11.3. The average Bonchev–Trinajstić information content (AvgIpc) is 3.12. The summed E-state index contributed by atoms with van der Waals surface area (Å²) in [5, 5.41) is 4.38. The minimum absolute atomic E-state index is 0.145. The molecule has 108 valence electrons. The second-order valence-corrected chi connectivity index (χ2v) is 5.56. The van der Waals surface area contributed by atoms with Crippen molar-refractivity contribution in [1.82, 2.24) is 10.3 Å². The van der Waals surface area contributed by atoms with Gasteiger partial charge in [0.25, 0.3) is 0 Å². The largest absolute Gasteiger partial charge is 0.467 e. The molecule has 0 aromatic carbocycles. The highest BCUT2D eigenvalue weighted by Gasteiger charge is 2.13. The van der Waals surface area contributed by atoms with Gasteiger partial charge in [-0.2, -0.15) is 0 Å². The van der Waals surface area contributed by atoms with E-state index in [4.69, 9.17) is 4.42 Å². The van der Waals surface area contributed by atoms with Gasteiger partial charge in [-0.25, -0.2) is 9.78 Å². The van der Waals surface area contributed by atoms with E-state index in [1.165, 1.54) is 18.3 Å². The third kappa shape index (κ3) is 3.46. The zero-order chi connectivity index (χ0) is 14.5. The quantitative estimate of drug-likeness (QED) is 0.830. The van der Waals surface area contributed by atoms with Crippen LogP contribution in [0.4, 0.5) is 0 Å². The number of hydrogen-bond donors (Lipinski definition) is 1. The van der Waals surface area contributed by atoms with Crippen LogP contribution in [0.5, 0.6) is 0 Å². The lowest BCUT2D eigenvalue weighted by Crippen LogP contribution is -2.17. The number of nitrogens with zero attached hydrogens (tertiary/aromatic N) is 1. The van der Waals surface area contributed by atoms with Gasteiger partial charge in [0.1, 0.15) is 17.0 Å². The van der Waals surface area contributed by atoms with Crippen LogP contribution in [0.15, 0.2) is 22.9 Å². The van der Waals surface area contributed by atoms with Crippen molar-refractivity contribution in [2.24, 2.45) is 0 Å². The van der Waals surface area contributed by atoms with Gasteiger partial charge < -0.3 is 14.5 Å². The molecule has 0 aliphatic carbocycles. The van der Waals surface area contributed by atoms with Gasteiger partial charge in [0, 0.05) is 11.1 Å². The Morgan fingerprint density at radius 3 is 3.05 bits per heavy atom. The monoisotopic (exact) mass is 294 g/mol. The number of esters is 1. The fourth-order valence-corrected chi connectivity index (χ4v) is 2.61. The first-order chi connectivity index (χ1) is 9.63. The van der Waals surface area contributed by atoms with Crippen molar-refractivity contribution in [3.05, 3.63) is 39.7 Å². The Labute approximate surface area is 122 Å². The Bertz CT molecular complexity index is 576. The molecule has 2 aromatic heterocycles. The zero-order valence-corrected chi connectivity index (χ0v) is 12.6. The molecule has 0 radical (unpaired) electrons. The Hall–Kier alpha value is -1.66. The topological polar surface area (TPSA) is 64.4 Å². The fourth-order valence-electron chi connectivity index (χ4n) is 1.73. The summed E-state index contributed by atoms with van der Waals surface area (Å²) in [5.74, 6) is 0.310. The van der Waals surface area contributed by atoms with E-state index in [-0.39, 0.29) is 12.0 Å². The van der Waals surface area contributed by atoms with Gasteiger partial charge in [0.2, 0.25) is 0 Å². The standard InChI is InChI=1S/C14H18N2O3S/c1-4-12-7-16-13(20-12)9(2)15-6-11-5-10(8-19-11)14(17)18-3/h5,7-9,15H,4,6H2,1-3H3. The number of nitrogens with one attached hydrogen (secondary N) is 1. The van der Waals surface area contributed by atoms with Crippen molar-refractivity contribution in [3.63, 3.8) is 0 Å². The Morgan fingerprint density at radius 1 is 1.60 bits per heavy atom. The highest BCUT2D eigenvalue weighted by Crippen LogP contribution is 2.20. The molecule has 2 rings (SSSR count). The summed E-state index contributed by atoms with van der Waals surface area (Å²) >= 11 is 1.71. The van der Waals surface area contributed by atoms with Crippen molar-refractivity contribution in [3.8, 4) is 0 Å². The minimum atomic E-state index is -0.388. The van der Waals surface area contributed by atoms with E-state index in [2.05, 4.69) is 28.9 Å². The smallest absolute Gasteiger partial charge is 0.341 e. The number of hydrogen-bond acceptors (Lipinski definition) is 6. The van der Waals surface area contributed by atoms with Crippen molar-refractivity contribution < 1.29 is 13.9 Å². The van der Waals surface area contributed by atoms with Gasteiger partial charge >= 0.3 is 5.97 Å². The number of thiazole rings is 1. The molecule has 0 bridgehead atoms. The SMILES string of the molecule is CCc1cnc(C(C)NCc2cc(C(=O)OC)co2)s1.